The second-order valence-corrected chi connectivity index (χ2v) is 10.2. The second-order valence-electron chi connectivity index (χ2n) is 7.14. The van der Waals surface area contributed by atoms with E-state index < -0.39 is 16.1 Å². The number of carbonyl (C=O) groups is 1. The number of aryl methyl sites for hydroxylation is 2. The van der Waals surface area contributed by atoms with Crippen molar-refractivity contribution in [3.63, 3.8) is 0 Å². The number of anilines is 1. The van der Waals surface area contributed by atoms with Crippen molar-refractivity contribution in [1.29, 1.82) is 0 Å². The minimum atomic E-state index is -3.52. The Hall–Kier alpha value is -2.19. The number of sulfonamides is 1. The first kappa shape index (κ1) is 21.5. The van der Waals surface area contributed by atoms with Crippen molar-refractivity contribution in [2.24, 2.45) is 0 Å². The lowest BCUT2D eigenvalue weighted by atomic mass is 10.1. The summed E-state index contributed by atoms with van der Waals surface area (Å²) in [6, 6.07) is 13.5. The number of fused-ring (bicyclic) bond motifs is 1. The molecule has 0 fully saturated rings. The van der Waals surface area contributed by atoms with E-state index in [9.17, 15) is 13.2 Å². The summed E-state index contributed by atoms with van der Waals surface area (Å²) in [5.74, 6) is 1.75. The zero-order chi connectivity index (χ0) is 21.0. The summed E-state index contributed by atoms with van der Waals surface area (Å²) in [6.45, 7) is 4.44. The number of rotatable bonds is 7. The Balaban J connectivity index is 1.56. The number of amides is 1. The summed E-state index contributed by atoms with van der Waals surface area (Å²) in [5.41, 5.74) is 3.95. The molecular weight excluding hydrogens is 408 g/mol. The zero-order valence-electron chi connectivity index (χ0n) is 16.8. The van der Waals surface area contributed by atoms with Gasteiger partial charge in [0, 0.05) is 18.1 Å². The average molecular weight is 435 g/mol. The number of thioether (sulfide) groups is 1. The van der Waals surface area contributed by atoms with Crippen LogP contribution < -0.4 is 14.4 Å². The summed E-state index contributed by atoms with van der Waals surface area (Å²) in [5, 5.41) is 2.86. The van der Waals surface area contributed by atoms with Crippen LogP contribution >= 0.6 is 11.8 Å². The number of nitrogens with one attached hydrogen (secondary N) is 1. The van der Waals surface area contributed by atoms with Crippen LogP contribution in [0.15, 0.2) is 42.5 Å². The molecule has 0 spiro atoms. The molecule has 1 atom stereocenters. The van der Waals surface area contributed by atoms with Gasteiger partial charge in [-0.1, -0.05) is 30.3 Å². The van der Waals surface area contributed by atoms with Gasteiger partial charge < -0.3 is 10.1 Å². The van der Waals surface area contributed by atoms with Crippen LogP contribution in [-0.4, -0.2) is 45.5 Å². The highest BCUT2D eigenvalue weighted by Crippen LogP contribution is 2.35. The SMILES string of the molecule is Cc1ccc2c(c1)N(S(C)(=O)=O)CC(C(=O)NCCSCc1ccccc1C)O2. The van der Waals surface area contributed by atoms with E-state index in [4.69, 9.17) is 4.74 Å². The highest BCUT2D eigenvalue weighted by molar-refractivity contribution is 7.98. The monoisotopic (exact) mass is 434 g/mol. The van der Waals surface area contributed by atoms with Crippen LogP contribution in [-0.2, 0) is 20.6 Å². The van der Waals surface area contributed by atoms with Gasteiger partial charge in [0.25, 0.3) is 5.91 Å². The van der Waals surface area contributed by atoms with Crippen LogP contribution in [0.25, 0.3) is 0 Å². The van der Waals surface area contributed by atoms with Crippen LogP contribution in [0.5, 0.6) is 5.75 Å². The van der Waals surface area contributed by atoms with Crippen molar-refractivity contribution < 1.29 is 17.9 Å². The summed E-state index contributed by atoms with van der Waals surface area (Å²) in [7, 11) is -3.52. The summed E-state index contributed by atoms with van der Waals surface area (Å²) in [4.78, 5) is 12.6. The van der Waals surface area contributed by atoms with Gasteiger partial charge in [-0.2, -0.15) is 11.8 Å². The zero-order valence-corrected chi connectivity index (χ0v) is 18.5. The Labute approximate surface area is 176 Å². The third-order valence-corrected chi connectivity index (χ3v) is 6.90. The molecule has 1 aliphatic heterocycles. The molecule has 0 aromatic heterocycles. The number of nitrogens with zero attached hydrogens (tertiary/aromatic N) is 1. The quantitative estimate of drug-likeness (QED) is 0.678. The van der Waals surface area contributed by atoms with Gasteiger partial charge in [-0.25, -0.2) is 8.42 Å². The van der Waals surface area contributed by atoms with Gasteiger partial charge in [0.2, 0.25) is 10.0 Å². The number of ether oxygens (including phenoxy) is 1. The number of benzene rings is 2. The van der Waals surface area contributed by atoms with E-state index in [2.05, 4.69) is 24.4 Å². The third kappa shape index (κ3) is 5.45. The van der Waals surface area contributed by atoms with Gasteiger partial charge in [-0.15, -0.1) is 0 Å². The molecule has 1 amide bonds. The molecule has 2 aromatic carbocycles. The van der Waals surface area contributed by atoms with Crippen LogP contribution in [0.4, 0.5) is 5.69 Å². The molecule has 1 heterocycles. The Bertz CT molecular complexity index is 992. The van der Waals surface area contributed by atoms with Gasteiger partial charge in [0.1, 0.15) is 5.75 Å². The molecule has 8 heteroatoms. The fourth-order valence-electron chi connectivity index (χ4n) is 3.13. The molecule has 1 aliphatic rings. The first-order valence-corrected chi connectivity index (χ1v) is 12.4. The van der Waals surface area contributed by atoms with Crippen LogP contribution in [0.3, 0.4) is 0 Å². The molecule has 0 saturated heterocycles. The Kier molecular flexibility index (Phi) is 6.74. The molecule has 0 radical (unpaired) electrons. The van der Waals surface area contributed by atoms with Crippen molar-refractivity contribution >= 4 is 33.4 Å². The highest BCUT2D eigenvalue weighted by Gasteiger charge is 2.34. The molecule has 0 saturated carbocycles. The Morgan fingerprint density at radius 3 is 2.72 bits per heavy atom. The van der Waals surface area contributed by atoms with E-state index >= 15 is 0 Å². The fourth-order valence-corrected chi connectivity index (χ4v) is 4.97. The van der Waals surface area contributed by atoms with E-state index in [1.165, 1.54) is 15.4 Å². The van der Waals surface area contributed by atoms with Gasteiger partial charge >= 0.3 is 0 Å². The standard InChI is InChI=1S/C21H26N2O4S2/c1-15-8-9-19-18(12-15)23(29(3,25)26)13-20(27-19)21(24)22-10-11-28-14-17-7-5-4-6-16(17)2/h4-9,12,20H,10-11,13-14H2,1-3H3,(H,22,24). The minimum absolute atomic E-state index is 0.0303. The van der Waals surface area contributed by atoms with E-state index in [-0.39, 0.29) is 12.5 Å². The molecule has 6 nitrogen and oxygen atoms in total. The predicted molar refractivity (Wildman–Crippen MR) is 118 cm³/mol. The molecule has 29 heavy (non-hydrogen) atoms. The summed E-state index contributed by atoms with van der Waals surface area (Å²) in [6.07, 6.45) is 0.267. The van der Waals surface area contributed by atoms with Gasteiger partial charge in [0.15, 0.2) is 6.10 Å². The summed E-state index contributed by atoms with van der Waals surface area (Å²) < 4.78 is 31.5. The lowest BCUT2D eigenvalue weighted by molar-refractivity contribution is -0.127. The normalized spacial score (nSPS) is 16.1. The molecule has 156 valence electrons. The summed E-state index contributed by atoms with van der Waals surface area (Å²) >= 11 is 1.74. The van der Waals surface area contributed by atoms with Crippen LogP contribution in [0.2, 0.25) is 0 Å². The smallest absolute Gasteiger partial charge is 0.263 e. The van der Waals surface area contributed by atoms with Crippen molar-refractivity contribution in [3.8, 4) is 5.75 Å². The van der Waals surface area contributed by atoms with E-state index in [1.807, 2.05) is 25.1 Å². The maximum Gasteiger partial charge on any atom is 0.263 e. The topological polar surface area (TPSA) is 75.7 Å². The molecule has 0 bridgehead atoms. The molecular formula is C21H26N2O4S2. The van der Waals surface area contributed by atoms with Crippen molar-refractivity contribution in [2.45, 2.75) is 25.7 Å². The maximum absolute atomic E-state index is 12.6. The van der Waals surface area contributed by atoms with Crippen molar-refractivity contribution in [2.75, 3.05) is 29.4 Å². The fraction of sp³-hybridized carbons (Fsp3) is 0.381. The lowest BCUT2D eigenvalue weighted by Gasteiger charge is -2.34. The Morgan fingerprint density at radius 1 is 1.24 bits per heavy atom. The van der Waals surface area contributed by atoms with E-state index in [1.54, 1.807) is 23.9 Å². The van der Waals surface area contributed by atoms with Crippen LogP contribution in [0, 0.1) is 13.8 Å². The maximum atomic E-state index is 12.6. The average Bonchev–Trinajstić information content (AvgIpc) is 2.67. The first-order valence-electron chi connectivity index (χ1n) is 9.40. The Morgan fingerprint density at radius 2 is 2.00 bits per heavy atom. The molecule has 1 unspecified atom stereocenters. The number of carbonyl (C=O) groups excluding carboxylic acids is 1. The predicted octanol–water partition coefficient (Wildman–Crippen LogP) is 2.88. The lowest BCUT2D eigenvalue weighted by Crippen LogP contribution is -2.50. The minimum Gasteiger partial charge on any atom is -0.476 e. The highest BCUT2D eigenvalue weighted by atomic mass is 32.2. The van der Waals surface area contributed by atoms with Gasteiger partial charge in [-0.05, 0) is 42.7 Å². The number of hydrogen-bond donors (Lipinski definition) is 1. The number of hydrogen-bond acceptors (Lipinski definition) is 5. The van der Waals surface area contributed by atoms with E-state index in [0.717, 1.165) is 23.3 Å². The van der Waals surface area contributed by atoms with E-state index in [0.29, 0.717) is 18.0 Å². The first-order chi connectivity index (χ1) is 13.8. The molecule has 0 aliphatic carbocycles. The molecule has 3 rings (SSSR count). The van der Waals surface area contributed by atoms with Gasteiger partial charge in [0.05, 0.1) is 18.5 Å². The molecule has 1 N–H and O–H groups in total. The van der Waals surface area contributed by atoms with Crippen molar-refractivity contribution in [3.05, 3.63) is 59.2 Å². The molecule has 2 aromatic rings. The van der Waals surface area contributed by atoms with Gasteiger partial charge in [-0.3, -0.25) is 9.10 Å². The third-order valence-electron chi connectivity index (χ3n) is 4.74. The largest absolute Gasteiger partial charge is 0.476 e. The van der Waals surface area contributed by atoms with Crippen LogP contribution in [0.1, 0.15) is 16.7 Å². The van der Waals surface area contributed by atoms with Crippen molar-refractivity contribution in [1.82, 2.24) is 5.32 Å². The second kappa shape index (κ2) is 9.09.